The van der Waals surface area contributed by atoms with E-state index in [0.717, 1.165) is 32.2 Å². The highest BCUT2D eigenvalue weighted by Crippen LogP contribution is 2.28. The van der Waals surface area contributed by atoms with Gasteiger partial charge in [0.2, 0.25) is 5.91 Å². The van der Waals surface area contributed by atoms with Gasteiger partial charge in [0.05, 0.1) is 5.60 Å². The summed E-state index contributed by atoms with van der Waals surface area (Å²) in [5.41, 5.74) is -0.631. The Morgan fingerprint density at radius 3 is 2.67 bits per heavy atom. The van der Waals surface area contributed by atoms with Gasteiger partial charge in [0.25, 0.3) is 0 Å². The predicted molar refractivity (Wildman–Crippen MR) is 59.6 cm³/mol. The smallest absolute Gasteiger partial charge is 0.221 e. The molecule has 1 rings (SSSR count). The predicted octanol–water partition coefficient (Wildman–Crippen LogP) is 0.407. The van der Waals surface area contributed by atoms with E-state index < -0.39 is 5.60 Å². The second kappa shape index (κ2) is 6.08. The van der Waals surface area contributed by atoms with Crippen LogP contribution in [0.5, 0.6) is 0 Å². The Balaban J connectivity index is 2.10. The number of hydrogen-bond acceptors (Lipinski definition) is 3. The van der Waals surface area contributed by atoms with E-state index >= 15 is 0 Å². The summed E-state index contributed by atoms with van der Waals surface area (Å²) in [5, 5.41) is 15.9. The van der Waals surface area contributed by atoms with E-state index in [-0.39, 0.29) is 5.91 Å². The second-order valence-electron chi connectivity index (χ2n) is 4.31. The average Bonchev–Trinajstić information content (AvgIpc) is 2.64. The quantitative estimate of drug-likeness (QED) is 0.561. The van der Waals surface area contributed by atoms with Crippen LogP contribution in [0.15, 0.2) is 0 Å². The van der Waals surface area contributed by atoms with Crippen molar-refractivity contribution in [1.82, 2.24) is 10.6 Å². The Morgan fingerprint density at radius 2 is 2.07 bits per heavy atom. The van der Waals surface area contributed by atoms with Crippen molar-refractivity contribution in [1.29, 1.82) is 0 Å². The van der Waals surface area contributed by atoms with Crippen LogP contribution in [-0.4, -0.2) is 36.2 Å². The molecule has 0 radical (unpaired) electrons. The van der Waals surface area contributed by atoms with Crippen LogP contribution in [0.25, 0.3) is 0 Å². The Bertz CT molecular complexity index is 201. The maximum absolute atomic E-state index is 11.4. The molecule has 0 unspecified atom stereocenters. The lowest BCUT2D eigenvalue weighted by Gasteiger charge is -2.22. The van der Waals surface area contributed by atoms with Crippen LogP contribution in [0.3, 0.4) is 0 Å². The normalized spacial score (nSPS) is 19.1. The van der Waals surface area contributed by atoms with Gasteiger partial charge >= 0.3 is 0 Å². The minimum atomic E-state index is -0.631. The highest BCUT2D eigenvalue weighted by atomic mass is 16.3. The number of aliphatic hydroxyl groups is 1. The highest BCUT2D eigenvalue weighted by Gasteiger charge is 2.31. The Morgan fingerprint density at radius 1 is 1.40 bits per heavy atom. The van der Waals surface area contributed by atoms with E-state index in [4.69, 9.17) is 0 Å². The van der Waals surface area contributed by atoms with Crippen molar-refractivity contribution < 1.29 is 9.90 Å². The van der Waals surface area contributed by atoms with E-state index in [2.05, 4.69) is 10.6 Å². The monoisotopic (exact) mass is 214 g/mol. The average molecular weight is 214 g/mol. The van der Waals surface area contributed by atoms with Crippen molar-refractivity contribution in [2.24, 2.45) is 0 Å². The molecule has 15 heavy (non-hydrogen) atoms. The molecule has 4 nitrogen and oxygen atoms in total. The van der Waals surface area contributed by atoms with Gasteiger partial charge in [-0.15, -0.1) is 0 Å². The Kier molecular flexibility index (Phi) is 5.05. The molecule has 0 bridgehead atoms. The first-order valence-corrected chi connectivity index (χ1v) is 5.86. The van der Waals surface area contributed by atoms with Crippen LogP contribution in [-0.2, 0) is 4.79 Å². The molecule has 0 aromatic heterocycles. The summed E-state index contributed by atoms with van der Waals surface area (Å²) in [5.74, 6) is 0.0243. The summed E-state index contributed by atoms with van der Waals surface area (Å²) in [6, 6.07) is 0. The van der Waals surface area contributed by atoms with Gasteiger partial charge in [0.15, 0.2) is 0 Å². The fourth-order valence-corrected chi connectivity index (χ4v) is 1.94. The van der Waals surface area contributed by atoms with Gasteiger partial charge < -0.3 is 15.7 Å². The number of rotatable bonds is 6. The number of carbonyl (C=O) groups is 1. The fraction of sp³-hybridized carbons (Fsp3) is 0.909. The molecule has 0 saturated heterocycles. The van der Waals surface area contributed by atoms with Gasteiger partial charge in [-0.2, -0.15) is 0 Å². The van der Waals surface area contributed by atoms with E-state index in [1.807, 2.05) is 6.92 Å². The Hall–Kier alpha value is -0.610. The zero-order chi connectivity index (χ0) is 11.1. The molecule has 1 saturated carbocycles. The zero-order valence-electron chi connectivity index (χ0n) is 9.51. The summed E-state index contributed by atoms with van der Waals surface area (Å²) < 4.78 is 0. The first-order chi connectivity index (χ1) is 7.16. The SMILES string of the molecule is CCNCCC(=O)NCC1(O)CCCC1. The van der Waals surface area contributed by atoms with Crippen LogP contribution < -0.4 is 10.6 Å². The molecule has 1 aliphatic carbocycles. The first-order valence-electron chi connectivity index (χ1n) is 5.86. The number of nitrogens with one attached hydrogen (secondary N) is 2. The summed E-state index contributed by atoms with van der Waals surface area (Å²) in [6.07, 6.45) is 4.28. The van der Waals surface area contributed by atoms with Crippen molar-refractivity contribution in [3.05, 3.63) is 0 Å². The summed E-state index contributed by atoms with van der Waals surface area (Å²) in [7, 11) is 0. The lowest BCUT2D eigenvalue weighted by molar-refractivity contribution is -0.122. The van der Waals surface area contributed by atoms with Crippen LogP contribution in [0.4, 0.5) is 0 Å². The van der Waals surface area contributed by atoms with Crippen molar-refractivity contribution in [3.8, 4) is 0 Å². The van der Waals surface area contributed by atoms with Gasteiger partial charge in [-0.25, -0.2) is 0 Å². The van der Waals surface area contributed by atoms with Gasteiger partial charge in [-0.05, 0) is 19.4 Å². The van der Waals surface area contributed by atoms with E-state index in [1.165, 1.54) is 0 Å². The molecule has 1 aliphatic rings. The van der Waals surface area contributed by atoms with Crippen molar-refractivity contribution in [2.75, 3.05) is 19.6 Å². The molecule has 88 valence electrons. The lowest BCUT2D eigenvalue weighted by Crippen LogP contribution is -2.41. The zero-order valence-corrected chi connectivity index (χ0v) is 9.51. The fourth-order valence-electron chi connectivity index (χ4n) is 1.94. The van der Waals surface area contributed by atoms with Gasteiger partial charge in [-0.3, -0.25) is 4.79 Å². The third kappa shape index (κ3) is 4.62. The molecule has 1 fully saturated rings. The lowest BCUT2D eigenvalue weighted by atomic mass is 10.0. The minimum Gasteiger partial charge on any atom is -0.388 e. The molecule has 0 aliphatic heterocycles. The van der Waals surface area contributed by atoms with Crippen LogP contribution in [0.1, 0.15) is 39.0 Å². The summed E-state index contributed by atoms with van der Waals surface area (Å²) >= 11 is 0. The first kappa shape index (κ1) is 12.5. The molecule has 0 heterocycles. The maximum Gasteiger partial charge on any atom is 0.221 e. The minimum absolute atomic E-state index is 0.0243. The third-order valence-electron chi connectivity index (χ3n) is 2.93. The number of hydrogen-bond donors (Lipinski definition) is 3. The summed E-state index contributed by atoms with van der Waals surface area (Å²) in [6.45, 7) is 4.02. The van der Waals surface area contributed by atoms with Crippen molar-refractivity contribution in [2.45, 2.75) is 44.6 Å². The molecule has 3 N–H and O–H groups in total. The van der Waals surface area contributed by atoms with E-state index in [1.54, 1.807) is 0 Å². The largest absolute Gasteiger partial charge is 0.388 e. The molecule has 0 atom stereocenters. The molecule has 4 heteroatoms. The summed E-state index contributed by atoms with van der Waals surface area (Å²) in [4.78, 5) is 11.4. The molecule has 1 amide bonds. The van der Waals surface area contributed by atoms with Crippen LogP contribution >= 0.6 is 0 Å². The number of carbonyl (C=O) groups excluding carboxylic acids is 1. The van der Waals surface area contributed by atoms with Crippen LogP contribution in [0.2, 0.25) is 0 Å². The van der Waals surface area contributed by atoms with Crippen LogP contribution in [0, 0.1) is 0 Å². The molecule has 0 aromatic rings. The van der Waals surface area contributed by atoms with E-state index in [0.29, 0.717) is 19.5 Å². The van der Waals surface area contributed by atoms with Crippen molar-refractivity contribution in [3.63, 3.8) is 0 Å². The topological polar surface area (TPSA) is 61.4 Å². The highest BCUT2D eigenvalue weighted by molar-refractivity contribution is 5.76. The van der Waals surface area contributed by atoms with Gasteiger partial charge in [-0.1, -0.05) is 19.8 Å². The second-order valence-corrected chi connectivity index (χ2v) is 4.31. The molecular formula is C11H22N2O2. The third-order valence-corrected chi connectivity index (χ3v) is 2.93. The molecule has 0 aromatic carbocycles. The molecule has 0 spiro atoms. The molecular weight excluding hydrogens is 192 g/mol. The van der Waals surface area contributed by atoms with E-state index in [9.17, 15) is 9.90 Å². The number of amides is 1. The van der Waals surface area contributed by atoms with Gasteiger partial charge in [0.1, 0.15) is 0 Å². The maximum atomic E-state index is 11.4. The standard InChI is InChI=1S/C11H22N2O2/c1-2-12-8-5-10(14)13-9-11(15)6-3-4-7-11/h12,15H,2-9H2,1H3,(H,13,14). The van der Waals surface area contributed by atoms with Gasteiger partial charge in [0, 0.05) is 19.5 Å². The Labute approximate surface area is 91.4 Å². The van der Waals surface area contributed by atoms with Crippen molar-refractivity contribution >= 4 is 5.91 Å².